The summed E-state index contributed by atoms with van der Waals surface area (Å²) in [6.45, 7) is 6.72. The SMILES string of the molecule is CC(CN=C(N)c1ccccc1)CN1CCCC1. The predicted molar refractivity (Wildman–Crippen MR) is 76.9 cm³/mol. The van der Waals surface area contributed by atoms with E-state index in [1.54, 1.807) is 0 Å². The molecular formula is C15H23N3. The van der Waals surface area contributed by atoms with E-state index >= 15 is 0 Å². The van der Waals surface area contributed by atoms with Crippen LogP contribution in [-0.4, -0.2) is 36.9 Å². The lowest BCUT2D eigenvalue weighted by atomic mass is 10.1. The number of aliphatic imine (C=N–C) groups is 1. The molecule has 0 radical (unpaired) electrons. The molecule has 0 saturated carbocycles. The fourth-order valence-corrected chi connectivity index (χ4v) is 2.42. The van der Waals surface area contributed by atoms with Crippen LogP contribution in [0, 0.1) is 5.92 Å². The van der Waals surface area contributed by atoms with Crippen molar-refractivity contribution in [1.82, 2.24) is 4.90 Å². The Morgan fingerprint density at radius 2 is 1.94 bits per heavy atom. The summed E-state index contributed by atoms with van der Waals surface area (Å²) in [5.41, 5.74) is 7.01. The molecule has 1 aromatic rings. The first-order valence-corrected chi connectivity index (χ1v) is 6.83. The first-order valence-electron chi connectivity index (χ1n) is 6.83. The molecule has 0 bridgehead atoms. The van der Waals surface area contributed by atoms with Crippen LogP contribution in [0.5, 0.6) is 0 Å². The van der Waals surface area contributed by atoms with Gasteiger partial charge in [0.05, 0.1) is 0 Å². The van der Waals surface area contributed by atoms with Crippen molar-refractivity contribution in [3.05, 3.63) is 35.9 Å². The average molecular weight is 245 g/mol. The van der Waals surface area contributed by atoms with Gasteiger partial charge in [-0.3, -0.25) is 4.99 Å². The van der Waals surface area contributed by atoms with E-state index in [0.717, 1.165) is 18.7 Å². The van der Waals surface area contributed by atoms with E-state index < -0.39 is 0 Å². The van der Waals surface area contributed by atoms with Crippen molar-refractivity contribution >= 4 is 5.84 Å². The molecular weight excluding hydrogens is 222 g/mol. The number of nitrogens with two attached hydrogens (primary N) is 1. The van der Waals surface area contributed by atoms with Gasteiger partial charge in [-0.25, -0.2) is 0 Å². The number of nitrogens with zero attached hydrogens (tertiary/aromatic N) is 2. The maximum atomic E-state index is 5.99. The third-order valence-corrected chi connectivity index (χ3v) is 3.41. The second-order valence-electron chi connectivity index (χ2n) is 5.20. The molecule has 1 aliphatic heterocycles. The molecule has 18 heavy (non-hydrogen) atoms. The van der Waals surface area contributed by atoms with E-state index in [4.69, 9.17) is 5.73 Å². The summed E-state index contributed by atoms with van der Waals surface area (Å²) >= 11 is 0. The highest BCUT2D eigenvalue weighted by Crippen LogP contribution is 2.10. The summed E-state index contributed by atoms with van der Waals surface area (Å²) in [7, 11) is 0. The number of likely N-dealkylation sites (tertiary alicyclic amines) is 1. The Labute approximate surface area is 110 Å². The lowest BCUT2D eigenvalue weighted by Gasteiger charge is -2.18. The van der Waals surface area contributed by atoms with E-state index in [0.29, 0.717) is 11.8 Å². The van der Waals surface area contributed by atoms with E-state index in [1.165, 1.54) is 25.9 Å². The minimum Gasteiger partial charge on any atom is -0.384 e. The van der Waals surface area contributed by atoms with Crippen molar-refractivity contribution in [3.63, 3.8) is 0 Å². The number of amidine groups is 1. The van der Waals surface area contributed by atoms with Gasteiger partial charge in [-0.1, -0.05) is 37.3 Å². The number of hydrogen-bond acceptors (Lipinski definition) is 2. The molecule has 1 atom stereocenters. The molecule has 0 aliphatic carbocycles. The first-order chi connectivity index (χ1) is 8.75. The van der Waals surface area contributed by atoms with Gasteiger partial charge in [0.25, 0.3) is 0 Å². The summed E-state index contributed by atoms with van der Waals surface area (Å²) in [4.78, 5) is 7.03. The molecule has 98 valence electrons. The van der Waals surface area contributed by atoms with Crippen LogP contribution < -0.4 is 5.73 Å². The predicted octanol–water partition coefficient (Wildman–Crippen LogP) is 2.12. The van der Waals surface area contributed by atoms with Crippen LogP contribution in [0.2, 0.25) is 0 Å². The lowest BCUT2D eigenvalue weighted by Crippen LogP contribution is -2.27. The van der Waals surface area contributed by atoms with Crippen LogP contribution in [0.25, 0.3) is 0 Å². The van der Waals surface area contributed by atoms with Crippen LogP contribution >= 0.6 is 0 Å². The van der Waals surface area contributed by atoms with Crippen molar-refractivity contribution in [1.29, 1.82) is 0 Å². The molecule has 0 aromatic heterocycles. The smallest absolute Gasteiger partial charge is 0.125 e. The molecule has 0 amide bonds. The topological polar surface area (TPSA) is 41.6 Å². The van der Waals surface area contributed by atoms with Crippen LogP contribution in [0.15, 0.2) is 35.3 Å². The molecule has 1 heterocycles. The van der Waals surface area contributed by atoms with E-state index in [2.05, 4.69) is 16.8 Å². The molecule has 1 fully saturated rings. The minimum atomic E-state index is 0.574. The Balaban J connectivity index is 1.82. The zero-order valence-corrected chi connectivity index (χ0v) is 11.2. The van der Waals surface area contributed by atoms with Gasteiger partial charge in [-0.05, 0) is 31.8 Å². The average Bonchev–Trinajstić information content (AvgIpc) is 2.90. The van der Waals surface area contributed by atoms with Gasteiger partial charge in [0, 0.05) is 18.7 Å². The Morgan fingerprint density at radius 3 is 2.61 bits per heavy atom. The van der Waals surface area contributed by atoms with E-state index in [1.807, 2.05) is 30.3 Å². The zero-order valence-electron chi connectivity index (χ0n) is 11.2. The van der Waals surface area contributed by atoms with Crippen molar-refractivity contribution in [2.75, 3.05) is 26.2 Å². The highest BCUT2D eigenvalue weighted by atomic mass is 15.1. The fourth-order valence-electron chi connectivity index (χ4n) is 2.42. The molecule has 1 unspecified atom stereocenters. The van der Waals surface area contributed by atoms with Crippen molar-refractivity contribution < 1.29 is 0 Å². The minimum absolute atomic E-state index is 0.574. The summed E-state index contributed by atoms with van der Waals surface area (Å²) in [5, 5.41) is 0. The first kappa shape index (κ1) is 13.1. The monoisotopic (exact) mass is 245 g/mol. The fraction of sp³-hybridized carbons (Fsp3) is 0.533. The van der Waals surface area contributed by atoms with E-state index in [9.17, 15) is 0 Å². The number of hydrogen-bond donors (Lipinski definition) is 1. The Kier molecular flexibility index (Phi) is 4.76. The van der Waals surface area contributed by atoms with Gasteiger partial charge in [0.15, 0.2) is 0 Å². The summed E-state index contributed by atoms with van der Waals surface area (Å²) in [6.07, 6.45) is 2.70. The summed E-state index contributed by atoms with van der Waals surface area (Å²) in [5.74, 6) is 1.23. The zero-order chi connectivity index (χ0) is 12.8. The van der Waals surface area contributed by atoms with Gasteiger partial charge in [-0.15, -0.1) is 0 Å². The number of benzene rings is 1. The molecule has 3 nitrogen and oxygen atoms in total. The van der Waals surface area contributed by atoms with Gasteiger partial charge < -0.3 is 10.6 Å². The second kappa shape index (κ2) is 6.55. The molecule has 3 heteroatoms. The van der Waals surface area contributed by atoms with Crippen LogP contribution in [0.4, 0.5) is 0 Å². The van der Waals surface area contributed by atoms with Gasteiger partial charge in [0.2, 0.25) is 0 Å². The highest BCUT2D eigenvalue weighted by molar-refractivity contribution is 5.97. The standard InChI is InChI=1S/C15H23N3/c1-13(12-18-9-5-6-10-18)11-17-15(16)14-7-3-2-4-8-14/h2-4,7-8,13H,5-6,9-12H2,1H3,(H2,16,17). The Bertz CT molecular complexity index is 380. The van der Waals surface area contributed by atoms with E-state index in [-0.39, 0.29) is 0 Å². The summed E-state index contributed by atoms with van der Waals surface area (Å²) < 4.78 is 0. The quantitative estimate of drug-likeness (QED) is 0.638. The normalized spacial score (nSPS) is 19.1. The third-order valence-electron chi connectivity index (χ3n) is 3.41. The second-order valence-corrected chi connectivity index (χ2v) is 5.20. The largest absolute Gasteiger partial charge is 0.384 e. The maximum absolute atomic E-state index is 5.99. The lowest BCUT2D eigenvalue weighted by molar-refractivity contribution is 0.292. The van der Waals surface area contributed by atoms with Crippen molar-refractivity contribution in [3.8, 4) is 0 Å². The highest BCUT2D eigenvalue weighted by Gasteiger charge is 2.14. The molecule has 0 spiro atoms. The molecule has 2 rings (SSSR count). The Morgan fingerprint density at radius 1 is 1.28 bits per heavy atom. The molecule has 1 aromatic carbocycles. The number of rotatable bonds is 5. The summed E-state index contributed by atoms with van der Waals surface area (Å²) in [6, 6.07) is 9.98. The van der Waals surface area contributed by atoms with Crippen LogP contribution in [-0.2, 0) is 0 Å². The molecule has 2 N–H and O–H groups in total. The van der Waals surface area contributed by atoms with Gasteiger partial charge >= 0.3 is 0 Å². The molecule has 1 aliphatic rings. The third kappa shape index (κ3) is 3.84. The molecule has 1 saturated heterocycles. The van der Waals surface area contributed by atoms with Gasteiger partial charge in [-0.2, -0.15) is 0 Å². The van der Waals surface area contributed by atoms with Crippen LogP contribution in [0.3, 0.4) is 0 Å². The van der Waals surface area contributed by atoms with Gasteiger partial charge in [0.1, 0.15) is 5.84 Å². The maximum Gasteiger partial charge on any atom is 0.125 e. The Hall–Kier alpha value is -1.35. The van der Waals surface area contributed by atoms with Crippen LogP contribution in [0.1, 0.15) is 25.3 Å². The van der Waals surface area contributed by atoms with Crippen molar-refractivity contribution in [2.45, 2.75) is 19.8 Å². The van der Waals surface area contributed by atoms with Crippen molar-refractivity contribution in [2.24, 2.45) is 16.6 Å².